The summed E-state index contributed by atoms with van der Waals surface area (Å²) >= 11 is 0. The van der Waals surface area contributed by atoms with Crippen molar-refractivity contribution in [2.45, 2.75) is 58.9 Å². The molecule has 4 rings (SSSR count). The van der Waals surface area contributed by atoms with Gasteiger partial charge >= 0.3 is 5.97 Å². The summed E-state index contributed by atoms with van der Waals surface area (Å²) in [5.74, 6) is 0.231. The molecule has 5 nitrogen and oxygen atoms in total. The number of aromatic nitrogens is 1. The van der Waals surface area contributed by atoms with Crippen LogP contribution in [0.3, 0.4) is 0 Å². The molecule has 0 amide bonds. The number of rotatable bonds is 7. The van der Waals surface area contributed by atoms with Crippen LogP contribution in [0.2, 0.25) is 0 Å². The Morgan fingerprint density at radius 3 is 2.56 bits per heavy atom. The molecule has 170 valence electrons. The van der Waals surface area contributed by atoms with E-state index in [9.17, 15) is 4.79 Å². The largest absolute Gasteiger partial charge is 0.461 e. The SMILES string of the molecule is CCOC(=O)c1cc2ccccc2n1-c1ccc(N(CC(C)C)C2CCCCC2)c(N)c1. The molecule has 1 aliphatic rings. The molecule has 1 aliphatic carbocycles. The third kappa shape index (κ3) is 4.47. The Balaban J connectivity index is 1.77. The van der Waals surface area contributed by atoms with Crippen LogP contribution in [0.25, 0.3) is 16.6 Å². The average molecular weight is 434 g/mol. The third-order valence-corrected chi connectivity index (χ3v) is 6.35. The number of ether oxygens (including phenoxy) is 1. The highest BCUT2D eigenvalue weighted by Crippen LogP contribution is 2.34. The monoisotopic (exact) mass is 433 g/mol. The van der Waals surface area contributed by atoms with Gasteiger partial charge in [-0.1, -0.05) is 51.3 Å². The number of nitrogens with two attached hydrogens (primary N) is 1. The van der Waals surface area contributed by atoms with E-state index < -0.39 is 0 Å². The van der Waals surface area contributed by atoms with E-state index in [1.807, 2.05) is 47.9 Å². The van der Waals surface area contributed by atoms with Gasteiger partial charge in [-0.3, -0.25) is 0 Å². The number of nitrogen functional groups attached to an aromatic ring is 1. The van der Waals surface area contributed by atoms with E-state index in [1.54, 1.807) is 0 Å². The van der Waals surface area contributed by atoms with Crippen LogP contribution in [0.15, 0.2) is 48.5 Å². The minimum atomic E-state index is -0.324. The fraction of sp³-hybridized carbons (Fsp3) is 0.444. The summed E-state index contributed by atoms with van der Waals surface area (Å²) in [4.78, 5) is 15.2. The topological polar surface area (TPSA) is 60.5 Å². The number of nitrogens with zero attached hydrogens (tertiary/aromatic N) is 2. The van der Waals surface area contributed by atoms with Crippen molar-refractivity contribution in [3.63, 3.8) is 0 Å². The Labute approximate surface area is 191 Å². The van der Waals surface area contributed by atoms with E-state index in [1.165, 1.54) is 32.1 Å². The lowest BCUT2D eigenvalue weighted by atomic mass is 9.93. The lowest BCUT2D eigenvalue weighted by molar-refractivity contribution is 0.0517. The maximum absolute atomic E-state index is 12.7. The molecule has 0 spiro atoms. The smallest absolute Gasteiger partial charge is 0.355 e. The van der Waals surface area contributed by atoms with Gasteiger partial charge in [-0.25, -0.2) is 4.79 Å². The summed E-state index contributed by atoms with van der Waals surface area (Å²) < 4.78 is 7.29. The van der Waals surface area contributed by atoms with Crippen molar-refractivity contribution in [3.8, 4) is 5.69 Å². The van der Waals surface area contributed by atoms with Crippen LogP contribution in [0.1, 0.15) is 63.4 Å². The number of para-hydroxylation sites is 1. The summed E-state index contributed by atoms with van der Waals surface area (Å²) in [5, 5.41) is 1.00. The first-order valence-corrected chi connectivity index (χ1v) is 11.9. The minimum Gasteiger partial charge on any atom is -0.461 e. The minimum absolute atomic E-state index is 0.324. The predicted octanol–water partition coefficient (Wildman–Crippen LogP) is 6.18. The van der Waals surface area contributed by atoms with Crippen molar-refractivity contribution in [2.24, 2.45) is 5.92 Å². The number of carbonyl (C=O) groups is 1. The molecule has 0 radical (unpaired) electrons. The van der Waals surface area contributed by atoms with Gasteiger partial charge in [-0.05, 0) is 56.0 Å². The fourth-order valence-corrected chi connectivity index (χ4v) is 4.96. The molecule has 0 bridgehead atoms. The number of hydrogen-bond acceptors (Lipinski definition) is 4. The van der Waals surface area contributed by atoms with Crippen LogP contribution in [0.4, 0.5) is 11.4 Å². The molecular formula is C27H35N3O2. The van der Waals surface area contributed by atoms with E-state index in [2.05, 4.69) is 30.9 Å². The molecule has 5 heteroatoms. The molecule has 2 aromatic carbocycles. The van der Waals surface area contributed by atoms with Crippen LogP contribution in [0.5, 0.6) is 0 Å². The van der Waals surface area contributed by atoms with Gasteiger partial charge in [0.2, 0.25) is 0 Å². The van der Waals surface area contributed by atoms with Crippen LogP contribution < -0.4 is 10.6 Å². The molecular weight excluding hydrogens is 398 g/mol. The van der Waals surface area contributed by atoms with E-state index in [4.69, 9.17) is 10.5 Å². The first kappa shape index (κ1) is 22.3. The van der Waals surface area contributed by atoms with Gasteiger partial charge in [0.1, 0.15) is 5.69 Å². The Morgan fingerprint density at radius 2 is 1.88 bits per heavy atom. The van der Waals surface area contributed by atoms with Crippen molar-refractivity contribution in [3.05, 3.63) is 54.2 Å². The van der Waals surface area contributed by atoms with Crippen molar-refractivity contribution >= 4 is 28.2 Å². The van der Waals surface area contributed by atoms with Gasteiger partial charge in [0, 0.05) is 23.7 Å². The highest BCUT2D eigenvalue weighted by Gasteiger charge is 2.24. The van der Waals surface area contributed by atoms with Crippen LogP contribution >= 0.6 is 0 Å². The lowest BCUT2D eigenvalue weighted by Crippen LogP contribution is -2.39. The average Bonchev–Trinajstić information content (AvgIpc) is 3.18. The first-order chi connectivity index (χ1) is 15.5. The summed E-state index contributed by atoms with van der Waals surface area (Å²) in [5.41, 5.74) is 10.9. The normalized spacial score (nSPS) is 14.8. The second-order valence-electron chi connectivity index (χ2n) is 9.23. The van der Waals surface area contributed by atoms with Crippen LogP contribution in [-0.4, -0.2) is 29.7 Å². The maximum atomic E-state index is 12.7. The van der Waals surface area contributed by atoms with Crippen LogP contribution in [0, 0.1) is 5.92 Å². The molecule has 0 aliphatic heterocycles. The predicted molar refractivity (Wildman–Crippen MR) is 133 cm³/mol. The summed E-state index contributed by atoms with van der Waals surface area (Å²) in [6, 6.07) is 16.6. The number of benzene rings is 2. The summed E-state index contributed by atoms with van der Waals surface area (Å²) in [6.07, 6.45) is 6.36. The van der Waals surface area contributed by atoms with Crippen molar-refractivity contribution < 1.29 is 9.53 Å². The molecule has 3 aromatic rings. The maximum Gasteiger partial charge on any atom is 0.355 e. The zero-order valence-corrected chi connectivity index (χ0v) is 19.5. The van der Waals surface area contributed by atoms with Gasteiger partial charge in [0.15, 0.2) is 0 Å². The molecule has 0 saturated heterocycles. The molecule has 0 unspecified atom stereocenters. The third-order valence-electron chi connectivity index (χ3n) is 6.35. The molecule has 1 fully saturated rings. The van der Waals surface area contributed by atoms with Crippen molar-refractivity contribution in [1.82, 2.24) is 4.57 Å². The second kappa shape index (κ2) is 9.68. The van der Waals surface area contributed by atoms with Crippen LogP contribution in [-0.2, 0) is 4.74 Å². The number of hydrogen-bond donors (Lipinski definition) is 1. The van der Waals surface area contributed by atoms with E-state index in [0.29, 0.717) is 24.3 Å². The number of anilines is 2. The van der Waals surface area contributed by atoms with Gasteiger partial charge in [0.05, 0.1) is 23.5 Å². The molecule has 32 heavy (non-hydrogen) atoms. The lowest BCUT2D eigenvalue weighted by Gasteiger charge is -2.38. The fourth-order valence-electron chi connectivity index (χ4n) is 4.96. The highest BCUT2D eigenvalue weighted by atomic mass is 16.5. The molecule has 1 saturated carbocycles. The summed E-state index contributed by atoms with van der Waals surface area (Å²) in [7, 11) is 0. The molecule has 0 atom stereocenters. The second-order valence-corrected chi connectivity index (χ2v) is 9.23. The van der Waals surface area contributed by atoms with E-state index >= 15 is 0 Å². The Bertz CT molecular complexity index is 1080. The zero-order chi connectivity index (χ0) is 22.7. The Morgan fingerprint density at radius 1 is 1.12 bits per heavy atom. The number of carbonyl (C=O) groups excluding carboxylic acids is 1. The van der Waals surface area contributed by atoms with Crippen molar-refractivity contribution in [1.29, 1.82) is 0 Å². The standard InChI is InChI=1S/C27H35N3O2/c1-4-32-27(31)26-16-20-10-8-9-13-24(20)30(26)22-14-15-25(23(28)17-22)29(18-19(2)3)21-11-6-5-7-12-21/h8-10,13-17,19,21H,4-7,11-12,18,28H2,1-3H3. The molecule has 1 heterocycles. The highest BCUT2D eigenvalue weighted by molar-refractivity contribution is 5.97. The van der Waals surface area contributed by atoms with E-state index in [-0.39, 0.29) is 5.97 Å². The van der Waals surface area contributed by atoms with Gasteiger partial charge in [0.25, 0.3) is 0 Å². The zero-order valence-electron chi connectivity index (χ0n) is 19.5. The Kier molecular flexibility index (Phi) is 6.73. The number of esters is 1. The molecule has 2 N–H and O–H groups in total. The van der Waals surface area contributed by atoms with E-state index in [0.717, 1.165) is 34.5 Å². The van der Waals surface area contributed by atoms with Gasteiger partial charge in [-0.15, -0.1) is 0 Å². The van der Waals surface area contributed by atoms with Crippen molar-refractivity contribution in [2.75, 3.05) is 23.8 Å². The Hall–Kier alpha value is -2.95. The molecule has 1 aromatic heterocycles. The first-order valence-electron chi connectivity index (χ1n) is 11.9. The quantitative estimate of drug-likeness (QED) is 0.357. The van der Waals surface area contributed by atoms with Gasteiger partial charge < -0.3 is 19.9 Å². The summed E-state index contributed by atoms with van der Waals surface area (Å²) in [6.45, 7) is 7.68. The van der Waals surface area contributed by atoms with Gasteiger partial charge in [-0.2, -0.15) is 0 Å². The number of fused-ring (bicyclic) bond motifs is 1.